The molecule has 0 aromatic heterocycles. The zero-order valence-corrected chi connectivity index (χ0v) is 12.4. The van der Waals surface area contributed by atoms with Gasteiger partial charge < -0.3 is 15.0 Å². The van der Waals surface area contributed by atoms with E-state index in [0.717, 1.165) is 37.2 Å². The molecule has 1 aliphatic rings. The molecular weight excluding hydrogens is 252 g/mol. The minimum Gasteiger partial charge on any atom is -0.491 e. The van der Waals surface area contributed by atoms with Crippen LogP contribution in [0.25, 0.3) is 0 Å². The first kappa shape index (κ1) is 14.9. The number of aryl methyl sites for hydroxylation is 1. The van der Waals surface area contributed by atoms with Gasteiger partial charge in [-0.1, -0.05) is 18.2 Å². The summed E-state index contributed by atoms with van der Waals surface area (Å²) in [5.41, 5.74) is 1.12. The SMILES string of the molecule is Cc1ccccc1OCCN(C)C(=O)[C@H]1CCCNC1. The van der Waals surface area contributed by atoms with E-state index in [2.05, 4.69) is 5.32 Å². The fraction of sp³-hybridized carbons (Fsp3) is 0.562. The number of ether oxygens (including phenoxy) is 1. The second kappa shape index (κ2) is 7.29. The summed E-state index contributed by atoms with van der Waals surface area (Å²) >= 11 is 0. The molecule has 0 bridgehead atoms. The summed E-state index contributed by atoms with van der Waals surface area (Å²) in [6.07, 6.45) is 2.08. The van der Waals surface area contributed by atoms with Gasteiger partial charge in [0.25, 0.3) is 0 Å². The number of likely N-dealkylation sites (N-methyl/N-ethyl adjacent to an activating group) is 1. The van der Waals surface area contributed by atoms with Gasteiger partial charge in [0.2, 0.25) is 5.91 Å². The Hall–Kier alpha value is -1.55. The van der Waals surface area contributed by atoms with Crippen molar-refractivity contribution in [2.75, 3.05) is 33.3 Å². The molecule has 0 unspecified atom stereocenters. The van der Waals surface area contributed by atoms with E-state index in [9.17, 15) is 4.79 Å². The standard InChI is InChI=1S/C16H24N2O2/c1-13-6-3-4-8-15(13)20-11-10-18(2)16(19)14-7-5-9-17-12-14/h3-4,6,8,14,17H,5,7,9-12H2,1-2H3/t14-/m0/s1. The van der Waals surface area contributed by atoms with E-state index in [1.807, 2.05) is 38.2 Å². The van der Waals surface area contributed by atoms with Gasteiger partial charge in [-0.25, -0.2) is 0 Å². The van der Waals surface area contributed by atoms with Gasteiger partial charge in [0.1, 0.15) is 12.4 Å². The minimum atomic E-state index is 0.132. The Morgan fingerprint density at radius 3 is 2.95 bits per heavy atom. The van der Waals surface area contributed by atoms with Gasteiger partial charge in [-0.3, -0.25) is 4.79 Å². The third-order valence-electron chi connectivity index (χ3n) is 3.80. The molecule has 4 nitrogen and oxygen atoms in total. The molecule has 0 aliphatic carbocycles. The zero-order valence-electron chi connectivity index (χ0n) is 12.4. The van der Waals surface area contributed by atoms with Gasteiger partial charge in [0.05, 0.1) is 12.5 Å². The normalized spacial score (nSPS) is 18.6. The Morgan fingerprint density at radius 2 is 2.25 bits per heavy atom. The van der Waals surface area contributed by atoms with E-state index >= 15 is 0 Å². The van der Waals surface area contributed by atoms with Crippen molar-refractivity contribution in [1.29, 1.82) is 0 Å². The number of para-hydroxylation sites is 1. The first-order chi connectivity index (χ1) is 9.68. The highest BCUT2D eigenvalue weighted by Gasteiger charge is 2.23. The molecule has 20 heavy (non-hydrogen) atoms. The van der Waals surface area contributed by atoms with Crippen LogP contribution in [0.3, 0.4) is 0 Å². The number of nitrogens with zero attached hydrogens (tertiary/aromatic N) is 1. The highest BCUT2D eigenvalue weighted by molar-refractivity contribution is 5.78. The molecule has 0 saturated carbocycles. The predicted molar refractivity (Wildman–Crippen MR) is 79.9 cm³/mol. The van der Waals surface area contributed by atoms with E-state index in [4.69, 9.17) is 4.74 Å². The lowest BCUT2D eigenvalue weighted by molar-refractivity contribution is -0.135. The average Bonchev–Trinajstić information content (AvgIpc) is 2.49. The molecule has 1 aliphatic heterocycles. The number of hydrogen-bond donors (Lipinski definition) is 1. The summed E-state index contributed by atoms with van der Waals surface area (Å²) < 4.78 is 5.74. The maximum atomic E-state index is 12.2. The maximum absolute atomic E-state index is 12.2. The van der Waals surface area contributed by atoms with E-state index in [1.165, 1.54) is 0 Å². The number of piperidine rings is 1. The lowest BCUT2D eigenvalue weighted by atomic mass is 9.98. The summed E-state index contributed by atoms with van der Waals surface area (Å²) in [7, 11) is 1.86. The molecule has 1 amide bonds. The molecule has 1 aromatic rings. The third kappa shape index (κ3) is 3.97. The smallest absolute Gasteiger partial charge is 0.226 e. The molecule has 1 N–H and O–H groups in total. The molecular formula is C16H24N2O2. The Morgan fingerprint density at radius 1 is 1.45 bits per heavy atom. The number of carbonyl (C=O) groups is 1. The topological polar surface area (TPSA) is 41.6 Å². The minimum absolute atomic E-state index is 0.132. The highest BCUT2D eigenvalue weighted by Crippen LogP contribution is 2.16. The lowest BCUT2D eigenvalue weighted by Gasteiger charge is -2.27. The molecule has 0 radical (unpaired) electrons. The van der Waals surface area contributed by atoms with Gasteiger partial charge in [-0.15, -0.1) is 0 Å². The second-order valence-electron chi connectivity index (χ2n) is 5.42. The van der Waals surface area contributed by atoms with Crippen LogP contribution in [-0.2, 0) is 4.79 Å². The number of benzene rings is 1. The van der Waals surface area contributed by atoms with Crippen molar-refractivity contribution >= 4 is 5.91 Å². The Kier molecular flexibility index (Phi) is 5.41. The van der Waals surface area contributed by atoms with Crippen LogP contribution in [0, 0.1) is 12.8 Å². The summed E-state index contributed by atoms with van der Waals surface area (Å²) in [4.78, 5) is 14.0. The number of nitrogens with one attached hydrogen (secondary N) is 1. The van der Waals surface area contributed by atoms with Crippen molar-refractivity contribution in [3.05, 3.63) is 29.8 Å². The van der Waals surface area contributed by atoms with Crippen LogP contribution in [-0.4, -0.2) is 44.1 Å². The fourth-order valence-corrected chi connectivity index (χ4v) is 2.50. The highest BCUT2D eigenvalue weighted by atomic mass is 16.5. The summed E-state index contributed by atoms with van der Waals surface area (Å²) in [6.45, 7) is 5.03. The molecule has 110 valence electrons. The quantitative estimate of drug-likeness (QED) is 0.892. The molecule has 1 aromatic carbocycles. The number of amides is 1. The summed E-state index contributed by atoms with van der Waals surface area (Å²) in [5.74, 6) is 1.26. The van der Waals surface area contributed by atoms with E-state index in [-0.39, 0.29) is 11.8 Å². The largest absolute Gasteiger partial charge is 0.491 e. The summed E-state index contributed by atoms with van der Waals surface area (Å²) in [5, 5.41) is 3.28. The lowest BCUT2D eigenvalue weighted by Crippen LogP contribution is -2.42. The van der Waals surface area contributed by atoms with Crippen molar-refractivity contribution in [2.45, 2.75) is 19.8 Å². The van der Waals surface area contributed by atoms with E-state index in [0.29, 0.717) is 13.2 Å². The average molecular weight is 276 g/mol. The molecule has 2 rings (SSSR count). The van der Waals surface area contributed by atoms with Crippen LogP contribution < -0.4 is 10.1 Å². The van der Waals surface area contributed by atoms with Crippen LogP contribution in [0.5, 0.6) is 5.75 Å². The Bertz CT molecular complexity index is 442. The van der Waals surface area contributed by atoms with Crippen molar-refractivity contribution in [3.8, 4) is 5.75 Å². The van der Waals surface area contributed by atoms with Gasteiger partial charge in [-0.2, -0.15) is 0 Å². The van der Waals surface area contributed by atoms with Gasteiger partial charge in [-0.05, 0) is 37.9 Å². The van der Waals surface area contributed by atoms with Gasteiger partial charge in [0.15, 0.2) is 0 Å². The first-order valence-electron chi connectivity index (χ1n) is 7.32. The number of rotatable bonds is 5. The number of carbonyl (C=O) groups excluding carboxylic acids is 1. The monoisotopic (exact) mass is 276 g/mol. The molecule has 1 heterocycles. The Balaban J connectivity index is 1.75. The van der Waals surface area contributed by atoms with Crippen molar-refractivity contribution in [2.24, 2.45) is 5.92 Å². The van der Waals surface area contributed by atoms with Crippen LogP contribution >= 0.6 is 0 Å². The summed E-state index contributed by atoms with van der Waals surface area (Å²) in [6, 6.07) is 7.94. The molecule has 1 fully saturated rings. The molecule has 1 saturated heterocycles. The Labute approximate surface area is 121 Å². The molecule has 0 spiro atoms. The van der Waals surface area contributed by atoms with Crippen LogP contribution in [0.1, 0.15) is 18.4 Å². The van der Waals surface area contributed by atoms with Crippen LogP contribution in [0.4, 0.5) is 0 Å². The van der Waals surface area contributed by atoms with Crippen molar-refractivity contribution in [3.63, 3.8) is 0 Å². The van der Waals surface area contributed by atoms with Gasteiger partial charge >= 0.3 is 0 Å². The third-order valence-corrected chi connectivity index (χ3v) is 3.80. The van der Waals surface area contributed by atoms with E-state index in [1.54, 1.807) is 4.90 Å². The number of hydrogen-bond acceptors (Lipinski definition) is 3. The van der Waals surface area contributed by atoms with Crippen LogP contribution in [0.15, 0.2) is 24.3 Å². The second-order valence-corrected chi connectivity index (χ2v) is 5.42. The van der Waals surface area contributed by atoms with Crippen molar-refractivity contribution in [1.82, 2.24) is 10.2 Å². The van der Waals surface area contributed by atoms with Crippen molar-refractivity contribution < 1.29 is 9.53 Å². The maximum Gasteiger partial charge on any atom is 0.226 e. The zero-order chi connectivity index (χ0) is 14.4. The molecule has 4 heteroatoms. The fourth-order valence-electron chi connectivity index (χ4n) is 2.50. The first-order valence-corrected chi connectivity index (χ1v) is 7.32. The predicted octanol–water partition coefficient (Wildman–Crippen LogP) is 1.83. The molecule has 1 atom stereocenters. The van der Waals surface area contributed by atoms with E-state index < -0.39 is 0 Å². The van der Waals surface area contributed by atoms with Gasteiger partial charge in [0, 0.05) is 13.6 Å². The van der Waals surface area contributed by atoms with Crippen LogP contribution in [0.2, 0.25) is 0 Å².